The van der Waals surface area contributed by atoms with E-state index in [1.807, 2.05) is 4.90 Å². The Labute approximate surface area is 110 Å². The van der Waals surface area contributed by atoms with Gasteiger partial charge in [0.1, 0.15) is 0 Å². The van der Waals surface area contributed by atoms with Crippen LogP contribution in [0.5, 0.6) is 0 Å². The highest BCUT2D eigenvalue weighted by atomic mass is 35.5. The Morgan fingerprint density at radius 3 is 2.41 bits per heavy atom. The van der Waals surface area contributed by atoms with Gasteiger partial charge < -0.3 is 10.6 Å². The molecule has 2 rings (SSSR count). The molecule has 100 valence electrons. The average Bonchev–Trinajstić information content (AvgIpc) is 2.65. The number of carbonyl (C=O) groups excluding carboxylic acids is 1. The number of halogens is 1. The third-order valence-corrected chi connectivity index (χ3v) is 3.80. The van der Waals surface area contributed by atoms with Gasteiger partial charge in [-0.3, -0.25) is 9.69 Å². The summed E-state index contributed by atoms with van der Waals surface area (Å²) < 4.78 is 0. The molecule has 17 heavy (non-hydrogen) atoms. The lowest BCUT2D eigenvalue weighted by atomic mass is 9.99. The summed E-state index contributed by atoms with van der Waals surface area (Å²) in [5, 5.41) is 0. The third kappa shape index (κ3) is 4.12. The molecule has 2 N–H and O–H groups in total. The highest BCUT2D eigenvalue weighted by Gasteiger charge is 2.25. The van der Waals surface area contributed by atoms with Crippen molar-refractivity contribution in [3.63, 3.8) is 0 Å². The molecule has 0 aromatic carbocycles. The summed E-state index contributed by atoms with van der Waals surface area (Å²) in [6.07, 6.45) is 3.35. The molecule has 5 heteroatoms. The van der Waals surface area contributed by atoms with Crippen LogP contribution in [-0.2, 0) is 4.79 Å². The van der Waals surface area contributed by atoms with Crippen molar-refractivity contribution in [2.45, 2.75) is 32.2 Å². The van der Waals surface area contributed by atoms with Crippen LogP contribution in [0.3, 0.4) is 0 Å². The fraction of sp³-hybridized carbons (Fsp3) is 0.917. The summed E-state index contributed by atoms with van der Waals surface area (Å²) in [6.45, 7) is 6.59. The first-order valence-electron chi connectivity index (χ1n) is 6.41. The van der Waals surface area contributed by atoms with Crippen molar-refractivity contribution in [3.05, 3.63) is 0 Å². The molecule has 0 aromatic heterocycles. The minimum Gasteiger partial charge on any atom is -0.342 e. The average molecular weight is 262 g/mol. The minimum atomic E-state index is 0. The predicted molar refractivity (Wildman–Crippen MR) is 71.3 cm³/mol. The maximum atomic E-state index is 12.0. The van der Waals surface area contributed by atoms with Crippen molar-refractivity contribution in [2.24, 2.45) is 11.7 Å². The number of piperidine rings is 1. The van der Waals surface area contributed by atoms with Crippen LogP contribution in [0.1, 0.15) is 26.2 Å². The number of hydrogen-bond acceptors (Lipinski definition) is 3. The van der Waals surface area contributed by atoms with Crippen molar-refractivity contribution < 1.29 is 4.79 Å². The minimum absolute atomic E-state index is 0. The highest BCUT2D eigenvalue weighted by molar-refractivity contribution is 5.85. The van der Waals surface area contributed by atoms with Gasteiger partial charge >= 0.3 is 0 Å². The van der Waals surface area contributed by atoms with Crippen LogP contribution in [0.2, 0.25) is 0 Å². The van der Waals surface area contributed by atoms with E-state index in [1.54, 1.807) is 0 Å². The fourth-order valence-electron chi connectivity index (χ4n) is 2.56. The number of likely N-dealkylation sites (tertiary alicyclic amines) is 2. The lowest BCUT2D eigenvalue weighted by molar-refractivity contribution is -0.133. The number of amides is 1. The Morgan fingerprint density at radius 2 is 1.88 bits per heavy atom. The quantitative estimate of drug-likeness (QED) is 0.796. The summed E-state index contributed by atoms with van der Waals surface area (Å²) in [5.74, 6) is 1.07. The highest BCUT2D eigenvalue weighted by Crippen LogP contribution is 2.16. The number of nitrogens with zero attached hydrogens (tertiary/aromatic N) is 2. The number of nitrogens with two attached hydrogens (primary N) is 1. The normalized spacial score (nSPS) is 26.9. The van der Waals surface area contributed by atoms with Gasteiger partial charge in [0.05, 0.1) is 6.54 Å². The van der Waals surface area contributed by atoms with Gasteiger partial charge in [-0.05, 0) is 25.2 Å². The monoisotopic (exact) mass is 261 g/mol. The smallest absolute Gasteiger partial charge is 0.236 e. The van der Waals surface area contributed by atoms with Gasteiger partial charge in [0.15, 0.2) is 0 Å². The van der Waals surface area contributed by atoms with Gasteiger partial charge in [-0.15, -0.1) is 12.4 Å². The van der Waals surface area contributed by atoms with E-state index in [4.69, 9.17) is 5.73 Å². The van der Waals surface area contributed by atoms with Crippen LogP contribution >= 0.6 is 12.4 Å². The van der Waals surface area contributed by atoms with Gasteiger partial charge in [-0.2, -0.15) is 0 Å². The first-order chi connectivity index (χ1) is 7.65. The molecule has 1 atom stereocenters. The molecule has 4 nitrogen and oxygen atoms in total. The number of hydrogen-bond donors (Lipinski definition) is 1. The predicted octanol–water partition coefficient (Wildman–Crippen LogP) is 0.700. The Morgan fingerprint density at radius 1 is 1.24 bits per heavy atom. The largest absolute Gasteiger partial charge is 0.342 e. The molecule has 2 fully saturated rings. The van der Waals surface area contributed by atoms with Gasteiger partial charge in [-0.1, -0.05) is 6.92 Å². The van der Waals surface area contributed by atoms with Crippen molar-refractivity contribution >= 4 is 18.3 Å². The molecule has 0 bridgehead atoms. The van der Waals surface area contributed by atoms with Crippen LogP contribution in [-0.4, -0.2) is 54.5 Å². The summed E-state index contributed by atoms with van der Waals surface area (Å²) in [5.41, 5.74) is 5.83. The van der Waals surface area contributed by atoms with E-state index in [9.17, 15) is 4.79 Å². The van der Waals surface area contributed by atoms with Gasteiger partial charge in [0.2, 0.25) is 5.91 Å². The Hall–Kier alpha value is -0.320. The van der Waals surface area contributed by atoms with Gasteiger partial charge in [0.25, 0.3) is 0 Å². The fourth-order valence-corrected chi connectivity index (χ4v) is 2.56. The summed E-state index contributed by atoms with van der Waals surface area (Å²) in [6, 6.07) is 0.272. The lowest BCUT2D eigenvalue weighted by Gasteiger charge is -2.31. The molecular formula is C12H24ClN3O. The van der Waals surface area contributed by atoms with E-state index >= 15 is 0 Å². The van der Waals surface area contributed by atoms with Crippen LogP contribution in [0.15, 0.2) is 0 Å². The SMILES string of the molecule is CC1CCN(C(=O)CN2CCC(N)C2)CC1.Cl. The second kappa shape index (κ2) is 6.57. The van der Waals surface area contributed by atoms with Crippen LogP contribution < -0.4 is 5.73 Å². The zero-order chi connectivity index (χ0) is 11.5. The molecule has 2 aliphatic rings. The Kier molecular flexibility index (Phi) is 5.70. The van der Waals surface area contributed by atoms with E-state index in [-0.39, 0.29) is 18.4 Å². The molecule has 2 saturated heterocycles. The molecule has 0 saturated carbocycles. The summed E-state index contributed by atoms with van der Waals surface area (Å²) in [7, 11) is 0. The summed E-state index contributed by atoms with van der Waals surface area (Å²) in [4.78, 5) is 16.2. The molecular weight excluding hydrogens is 238 g/mol. The zero-order valence-electron chi connectivity index (χ0n) is 10.6. The lowest BCUT2D eigenvalue weighted by Crippen LogP contribution is -2.43. The second-order valence-corrected chi connectivity index (χ2v) is 5.35. The molecule has 1 amide bonds. The molecule has 0 spiro atoms. The molecule has 1 unspecified atom stereocenters. The van der Waals surface area contributed by atoms with Crippen molar-refractivity contribution in [3.8, 4) is 0 Å². The standard InChI is InChI=1S/C12H23N3O.ClH/c1-10-2-6-15(7-3-10)12(16)9-14-5-4-11(13)8-14;/h10-11H,2-9,13H2,1H3;1H. The first-order valence-corrected chi connectivity index (χ1v) is 6.41. The zero-order valence-corrected chi connectivity index (χ0v) is 11.4. The van der Waals surface area contributed by atoms with Crippen LogP contribution in [0, 0.1) is 5.92 Å². The Balaban J connectivity index is 0.00000144. The van der Waals surface area contributed by atoms with Gasteiger partial charge in [0, 0.05) is 32.2 Å². The van der Waals surface area contributed by atoms with E-state index < -0.39 is 0 Å². The van der Waals surface area contributed by atoms with E-state index in [0.29, 0.717) is 12.5 Å². The van der Waals surface area contributed by atoms with Gasteiger partial charge in [-0.25, -0.2) is 0 Å². The molecule has 0 aromatic rings. The molecule has 2 heterocycles. The topological polar surface area (TPSA) is 49.6 Å². The number of rotatable bonds is 2. The first kappa shape index (κ1) is 14.7. The van der Waals surface area contributed by atoms with Crippen LogP contribution in [0.4, 0.5) is 0 Å². The van der Waals surface area contributed by atoms with Crippen molar-refractivity contribution in [1.29, 1.82) is 0 Å². The second-order valence-electron chi connectivity index (χ2n) is 5.35. The molecule has 0 aliphatic carbocycles. The maximum absolute atomic E-state index is 12.0. The third-order valence-electron chi connectivity index (χ3n) is 3.80. The van der Waals surface area contributed by atoms with Crippen molar-refractivity contribution in [2.75, 3.05) is 32.7 Å². The van der Waals surface area contributed by atoms with Crippen molar-refractivity contribution in [1.82, 2.24) is 9.80 Å². The summed E-state index contributed by atoms with van der Waals surface area (Å²) >= 11 is 0. The Bertz CT molecular complexity index is 254. The van der Waals surface area contributed by atoms with E-state index in [0.717, 1.165) is 51.4 Å². The van der Waals surface area contributed by atoms with E-state index in [1.165, 1.54) is 0 Å². The number of carbonyl (C=O) groups is 1. The molecule has 0 radical (unpaired) electrons. The maximum Gasteiger partial charge on any atom is 0.236 e. The van der Waals surface area contributed by atoms with Crippen LogP contribution in [0.25, 0.3) is 0 Å². The molecule has 2 aliphatic heterocycles. The van der Waals surface area contributed by atoms with E-state index in [2.05, 4.69) is 11.8 Å².